The van der Waals surface area contributed by atoms with E-state index in [0.717, 1.165) is 10.7 Å². The van der Waals surface area contributed by atoms with Gasteiger partial charge in [0.15, 0.2) is 5.69 Å². The van der Waals surface area contributed by atoms with Crippen molar-refractivity contribution in [3.63, 3.8) is 0 Å². The van der Waals surface area contributed by atoms with Crippen molar-refractivity contribution in [1.82, 2.24) is 28.8 Å². The fourth-order valence-electron chi connectivity index (χ4n) is 3.47. The summed E-state index contributed by atoms with van der Waals surface area (Å²) in [6, 6.07) is 0.941. The van der Waals surface area contributed by atoms with Gasteiger partial charge in [-0.2, -0.15) is 27.7 Å². The Morgan fingerprint density at radius 3 is 2.29 bits per heavy atom. The molecule has 3 heterocycles. The van der Waals surface area contributed by atoms with E-state index in [1.807, 2.05) is 6.92 Å². The summed E-state index contributed by atoms with van der Waals surface area (Å²) >= 11 is 0. The minimum atomic E-state index is -4.53. The van der Waals surface area contributed by atoms with Crippen molar-refractivity contribution >= 4 is 15.9 Å². The molecule has 0 aliphatic carbocycles. The van der Waals surface area contributed by atoms with Crippen molar-refractivity contribution in [2.75, 3.05) is 26.2 Å². The number of nitrogens with zero attached hydrogens (tertiary/aromatic N) is 6. The van der Waals surface area contributed by atoms with Crippen molar-refractivity contribution in [1.29, 1.82) is 0 Å². The van der Waals surface area contributed by atoms with E-state index in [1.54, 1.807) is 11.6 Å². The van der Waals surface area contributed by atoms with E-state index in [1.165, 1.54) is 22.3 Å². The number of hydrogen-bond acceptors (Lipinski definition) is 5. The zero-order valence-corrected chi connectivity index (χ0v) is 18.4. The maximum absolute atomic E-state index is 12.9. The Kier molecular flexibility index (Phi) is 6.46. The molecule has 1 aliphatic rings. The summed E-state index contributed by atoms with van der Waals surface area (Å²) < 4.78 is 68.2. The normalized spacial score (nSPS) is 16.1. The molecule has 2 aromatic rings. The molecular formula is C18H25F3N6O3S. The minimum absolute atomic E-state index is 0.0189. The molecule has 0 bridgehead atoms. The predicted octanol–water partition coefficient (Wildman–Crippen LogP) is 1.66. The van der Waals surface area contributed by atoms with Crippen molar-refractivity contribution in [2.45, 2.75) is 51.4 Å². The quantitative estimate of drug-likeness (QED) is 0.651. The lowest BCUT2D eigenvalue weighted by molar-refractivity contribution is -0.141. The van der Waals surface area contributed by atoms with E-state index >= 15 is 0 Å². The molecule has 31 heavy (non-hydrogen) atoms. The Labute approximate surface area is 178 Å². The van der Waals surface area contributed by atoms with Crippen LogP contribution in [0.3, 0.4) is 0 Å². The molecular weight excluding hydrogens is 437 g/mol. The van der Waals surface area contributed by atoms with Crippen LogP contribution in [0.25, 0.3) is 0 Å². The Hall–Kier alpha value is -2.41. The highest BCUT2D eigenvalue weighted by Crippen LogP contribution is 2.28. The van der Waals surface area contributed by atoms with E-state index in [9.17, 15) is 26.4 Å². The number of carbonyl (C=O) groups excluding carboxylic acids is 1. The lowest BCUT2D eigenvalue weighted by Gasteiger charge is -2.34. The molecule has 0 radical (unpaired) electrons. The number of aryl methyl sites for hydroxylation is 4. The van der Waals surface area contributed by atoms with Gasteiger partial charge in [0.2, 0.25) is 15.9 Å². The second-order valence-corrected chi connectivity index (χ2v) is 9.27. The first kappa shape index (κ1) is 23.3. The molecule has 1 fully saturated rings. The summed E-state index contributed by atoms with van der Waals surface area (Å²) in [6.07, 6.45) is -3.05. The van der Waals surface area contributed by atoms with Crippen molar-refractivity contribution in [2.24, 2.45) is 0 Å². The molecule has 2 aromatic heterocycles. The number of piperazine rings is 1. The third-order valence-electron chi connectivity index (χ3n) is 5.24. The molecule has 0 aromatic carbocycles. The van der Waals surface area contributed by atoms with Gasteiger partial charge in [-0.1, -0.05) is 0 Å². The van der Waals surface area contributed by atoms with Gasteiger partial charge in [0.1, 0.15) is 4.90 Å². The SMILES string of the molecule is CCn1cc(S(=O)(=O)N2CCN(C(=O)CCn3nc(C(F)(F)F)cc3C)CC2)c(C)n1. The smallest absolute Gasteiger partial charge is 0.340 e. The highest BCUT2D eigenvalue weighted by Gasteiger charge is 2.35. The fourth-order valence-corrected chi connectivity index (χ4v) is 5.06. The number of aromatic nitrogens is 4. The summed E-state index contributed by atoms with van der Waals surface area (Å²) in [5.74, 6) is -0.254. The maximum Gasteiger partial charge on any atom is 0.435 e. The van der Waals surface area contributed by atoms with Crippen LogP contribution in [0, 0.1) is 13.8 Å². The summed E-state index contributed by atoms with van der Waals surface area (Å²) in [5.41, 5.74) is -0.245. The first-order chi connectivity index (χ1) is 14.4. The summed E-state index contributed by atoms with van der Waals surface area (Å²) in [7, 11) is -3.71. The van der Waals surface area contributed by atoms with Gasteiger partial charge in [-0.25, -0.2) is 8.42 Å². The standard InChI is InChI=1S/C18H25F3N6O3S/c1-4-25-12-15(14(3)22-25)31(29,30)26-9-7-24(8-10-26)17(28)5-6-27-13(2)11-16(23-27)18(19,20)21/h11-12H,4-10H2,1-3H3. The van der Waals surface area contributed by atoms with Gasteiger partial charge in [0, 0.05) is 57.6 Å². The third kappa shape index (κ3) is 4.92. The molecule has 1 amide bonds. The van der Waals surface area contributed by atoms with E-state index in [4.69, 9.17) is 0 Å². The number of alkyl halides is 3. The van der Waals surface area contributed by atoms with E-state index in [-0.39, 0.29) is 49.9 Å². The topological polar surface area (TPSA) is 93.3 Å². The largest absolute Gasteiger partial charge is 0.435 e. The highest BCUT2D eigenvalue weighted by molar-refractivity contribution is 7.89. The fraction of sp³-hybridized carbons (Fsp3) is 0.611. The lowest BCUT2D eigenvalue weighted by atomic mass is 10.3. The zero-order valence-electron chi connectivity index (χ0n) is 17.6. The number of rotatable bonds is 6. The zero-order chi connectivity index (χ0) is 23.0. The van der Waals surface area contributed by atoms with Crippen LogP contribution >= 0.6 is 0 Å². The summed E-state index contributed by atoms with van der Waals surface area (Å²) in [6.45, 7) is 6.29. The van der Waals surface area contributed by atoms with Gasteiger partial charge >= 0.3 is 6.18 Å². The van der Waals surface area contributed by atoms with Crippen LogP contribution in [-0.2, 0) is 34.1 Å². The molecule has 0 saturated carbocycles. The van der Waals surface area contributed by atoms with Crippen LogP contribution in [0.4, 0.5) is 13.2 Å². The Morgan fingerprint density at radius 1 is 1.13 bits per heavy atom. The van der Waals surface area contributed by atoms with Gasteiger partial charge in [-0.3, -0.25) is 14.2 Å². The molecule has 9 nitrogen and oxygen atoms in total. The van der Waals surface area contributed by atoms with Gasteiger partial charge < -0.3 is 4.90 Å². The number of hydrogen-bond donors (Lipinski definition) is 0. The van der Waals surface area contributed by atoms with Gasteiger partial charge in [-0.15, -0.1) is 0 Å². The number of halogens is 3. The summed E-state index contributed by atoms with van der Waals surface area (Å²) in [4.78, 5) is 14.2. The second kappa shape index (κ2) is 8.61. The molecule has 0 atom stereocenters. The van der Waals surface area contributed by atoms with Gasteiger partial charge in [0.05, 0.1) is 5.69 Å². The second-order valence-electron chi connectivity index (χ2n) is 7.36. The molecule has 3 rings (SSSR count). The molecule has 13 heteroatoms. The van der Waals surface area contributed by atoms with Crippen LogP contribution in [-0.4, -0.2) is 69.3 Å². The van der Waals surface area contributed by atoms with Crippen LogP contribution < -0.4 is 0 Å². The minimum Gasteiger partial charge on any atom is -0.340 e. The highest BCUT2D eigenvalue weighted by atomic mass is 32.2. The average Bonchev–Trinajstić information content (AvgIpc) is 3.28. The van der Waals surface area contributed by atoms with E-state index in [2.05, 4.69) is 10.2 Å². The van der Waals surface area contributed by atoms with Crippen LogP contribution in [0.1, 0.15) is 30.4 Å². The third-order valence-corrected chi connectivity index (χ3v) is 7.25. The van der Waals surface area contributed by atoms with Crippen molar-refractivity contribution < 1.29 is 26.4 Å². The Balaban J connectivity index is 1.57. The average molecular weight is 462 g/mol. The lowest BCUT2D eigenvalue weighted by Crippen LogP contribution is -2.50. The molecule has 0 spiro atoms. The van der Waals surface area contributed by atoms with Crippen molar-refractivity contribution in [3.8, 4) is 0 Å². The first-order valence-electron chi connectivity index (χ1n) is 9.87. The molecule has 0 unspecified atom stereocenters. The summed E-state index contributed by atoms with van der Waals surface area (Å²) in [5, 5.41) is 7.70. The molecule has 0 N–H and O–H groups in total. The van der Waals surface area contributed by atoms with Crippen LogP contribution in [0.2, 0.25) is 0 Å². The number of amides is 1. The Morgan fingerprint density at radius 2 is 1.77 bits per heavy atom. The molecule has 172 valence electrons. The van der Waals surface area contributed by atoms with Gasteiger partial charge in [-0.05, 0) is 26.8 Å². The van der Waals surface area contributed by atoms with Crippen LogP contribution in [0.5, 0.6) is 0 Å². The number of sulfonamides is 1. The van der Waals surface area contributed by atoms with E-state index in [0.29, 0.717) is 17.9 Å². The van der Waals surface area contributed by atoms with E-state index < -0.39 is 21.9 Å². The molecule has 1 saturated heterocycles. The maximum atomic E-state index is 12.9. The monoisotopic (exact) mass is 462 g/mol. The Bertz CT molecular complexity index is 1050. The first-order valence-corrected chi connectivity index (χ1v) is 11.3. The van der Waals surface area contributed by atoms with Gasteiger partial charge in [0.25, 0.3) is 0 Å². The van der Waals surface area contributed by atoms with Crippen LogP contribution in [0.15, 0.2) is 17.2 Å². The number of carbonyl (C=O) groups is 1. The van der Waals surface area contributed by atoms with Crippen molar-refractivity contribution in [3.05, 3.63) is 29.3 Å². The molecule has 1 aliphatic heterocycles. The predicted molar refractivity (Wildman–Crippen MR) is 105 cm³/mol.